The fraction of sp³-hybridized carbons (Fsp3) is 0.200. The van der Waals surface area contributed by atoms with Gasteiger partial charge in [-0.15, -0.1) is 0 Å². The van der Waals surface area contributed by atoms with Gasteiger partial charge >= 0.3 is 6.61 Å². The van der Waals surface area contributed by atoms with E-state index in [-0.39, 0.29) is 11.8 Å². The molecule has 0 aliphatic rings. The summed E-state index contributed by atoms with van der Waals surface area (Å²) in [6, 6.07) is 11.9. The van der Waals surface area contributed by atoms with Crippen LogP contribution < -0.4 is 10.1 Å². The van der Waals surface area contributed by atoms with Gasteiger partial charge in [-0.2, -0.15) is 8.78 Å². The average Bonchev–Trinajstić information content (AvgIpc) is 2.43. The molecule has 0 amide bonds. The molecule has 0 saturated heterocycles. The van der Waals surface area contributed by atoms with E-state index in [2.05, 4.69) is 26.0 Å². The Labute approximate surface area is 135 Å². The Balaban J connectivity index is 2.19. The number of hydrogen-bond acceptors (Lipinski definition) is 2. The molecule has 112 valence electrons. The van der Waals surface area contributed by atoms with Crippen molar-refractivity contribution < 1.29 is 13.5 Å². The number of nitrogens with one attached hydrogen (secondary N) is 1. The van der Waals surface area contributed by atoms with Crippen molar-refractivity contribution >= 4 is 33.2 Å². The summed E-state index contributed by atoms with van der Waals surface area (Å²) in [5.74, 6) is 0.167. The molecule has 0 saturated carbocycles. The minimum atomic E-state index is -2.84. The second-order valence-electron chi connectivity index (χ2n) is 4.41. The second kappa shape index (κ2) is 7.09. The van der Waals surface area contributed by atoms with E-state index in [1.54, 1.807) is 24.3 Å². The van der Waals surface area contributed by atoms with Crippen molar-refractivity contribution in [3.05, 3.63) is 57.5 Å². The lowest BCUT2D eigenvalue weighted by molar-refractivity contribution is -0.0505. The van der Waals surface area contributed by atoms with Crippen LogP contribution in [0.1, 0.15) is 18.5 Å². The van der Waals surface area contributed by atoms with E-state index in [1.165, 1.54) is 6.07 Å². The zero-order valence-corrected chi connectivity index (χ0v) is 13.5. The maximum Gasteiger partial charge on any atom is 0.387 e. The summed E-state index contributed by atoms with van der Waals surface area (Å²) in [7, 11) is 0. The van der Waals surface area contributed by atoms with Crippen LogP contribution >= 0.6 is 27.5 Å². The highest BCUT2D eigenvalue weighted by Crippen LogP contribution is 2.31. The Morgan fingerprint density at radius 2 is 1.90 bits per heavy atom. The molecule has 0 aliphatic carbocycles. The highest BCUT2D eigenvalue weighted by Gasteiger charge is 2.14. The SMILES string of the molecule is CC(Nc1ccc(Cl)c(Br)c1)c1ccccc1OC(F)F. The summed E-state index contributed by atoms with van der Waals surface area (Å²) in [6.07, 6.45) is 0. The van der Waals surface area contributed by atoms with E-state index in [9.17, 15) is 8.78 Å². The molecule has 0 radical (unpaired) electrons. The number of para-hydroxylation sites is 1. The van der Waals surface area contributed by atoms with Gasteiger partial charge in [0.05, 0.1) is 11.1 Å². The Kier molecular flexibility index (Phi) is 5.42. The first-order valence-corrected chi connectivity index (χ1v) is 7.40. The molecule has 1 atom stereocenters. The summed E-state index contributed by atoms with van der Waals surface area (Å²) in [6.45, 7) is -0.973. The lowest BCUT2D eigenvalue weighted by Crippen LogP contribution is -2.11. The fourth-order valence-corrected chi connectivity index (χ4v) is 2.45. The van der Waals surface area contributed by atoms with Gasteiger partial charge in [-0.3, -0.25) is 0 Å². The molecule has 2 aromatic carbocycles. The molecule has 1 N–H and O–H groups in total. The first kappa shape index (κ1) is 16.0. The lowest BCUT2D eigenvalue weighted by Gasteiger charge is -2.19. The average molecular weight is 377 g/mol. The third kappa shape index (κ3) is 4.32. The van der Waals surface area contributed by atoms with E-state index in [1.807, 2.05) is 19.1 Å². The van der Waals surface area contributed by atoms with Gasteiger partial charge in [0.15, 0.2) is 0 Å². The van der Waals surface area contributed by atoms with E-state index < -0.39 is 6.61 Å². The maximum absolute atomic E-state index is 12.4. The van der Waals surface area contributed by atoms with Crippen LogP contribution in [0.2, 0.25) is 5.02 Å². The highest BCUT2D eigenvalue weighted by atomic mass is 79.9. The van der Waals surface area contributed by atoms with Gasteiger partial charge in [0.2, 0.25) is 0 Å². The van der Waals surface area contributed by atoms with Crippen LogP contribution in [0, 0.1) is 0 Å². The Bertz CT molecular complexity index is 624. The van der Waals surface area contributed by atoms with E-state index in [0.29, 0.717) is 10.6 Å². The summed E-state index contributed by atoms with van der Waals surface area (Å²) in [4.78, 5) is 0. The third-order valence-electron chi connectivity index (χ3n) is 2.90. The number of alkyl halides is 2. The number of benzene rings is 2. The molecule has 6 heteroatoms. The van der Waals surface area contributed by atoms with Crippen molar-refractivity contribution in [3.8, 4) is 5.75 Å². The molecular formula is C15H13BrClF2NO. The van der Waals surface area contributed by atoms with Crippen LogP contribution in [0.25, 0.3) is 0 Å². The van der Waals surface area contributed by atoms with Gasteiger partial charge in [0, 0.05) is 15.7 Å². The largest absolute Gasteiger partial charge is 0.434 e. The molecule has 21 heavy (non-hydrogen) atoms. The Hall–Kier alpha value is -1.33. The fourth-order valence-electron chi connectivity index (χ4n) is 1.96. The van der Waals surface area contributed by atoms with Crippen molar-refractivity contribution in [2.24, 2.45) is 0 Å². The van der Waals surface area contributed by atoms with Crippen LogP contribution in [0.3, 0.4) is 0 Å². The third-order valence-corrected chi connectivity index (χ3v) is 4.12. The molecule has 0 aromatic heterocycles. The predicted molar refractivity (Wildman–Crippen MR) is 84.3 cm³/mol. The number of anilines is 1. The monoisotopic (exact) mass is 375 g/mol. The standard InChI is InChI=1S/C15H13BrClF2NO/c1-9(20-10-6-7-13(17)12(16)8-10)11-4-2-3-5-14(11)21-15(18)19/h2-9,15,20H,1H3. The molecule has 2 rings (SSSR count). The highest BCUT2D eigenvalue weighted by molar-refractivity contribution is 9.10. The molecule has 0 spiro atoms. The lowest BCUT2D eigenvalue weighted by atomic mass is 10.1. The first-order chi connectivity index (χ1) is 9.97. The molecule has 2 nitrogen and oxygen atoms in total. The summed E-state index contributed by atoms with van der Waals surface area (Å²) in [5.41, 5.74) is 1.48. The number of ether oxygens (including phenoxy) is 1. The van der Waals surface area contributed by atoms with E-state index >= 15 is 0 Å². The zero-order chi connectivity index (χ0) is 15.4. The Morgan fingerprint density at radius 3 is 2.57 bits per heavy atom. The zero-order valence-electron chi connectivity index (χ0n) is 11.1. The molecular weight excluding hydrogens is 364 g/mol. The molecule has 0 bridgehead atoms. The van der Waals surface area contributed by atoms with Crippen LogP contribution in [0.4, 0.5) is 14.5 Å². The van der Waals surface area contributed by atoms with Gasteiger partial charge in [0.1, 0.15) is 5.75 Å². The van der Waals surface area contributed by atoms with E-state index in [4.69, 9.17) is 11.6 Å². The topological polar surface area (TPSA) is 21.3 Å². The van der Waals surface area contributed by atoms with Crippen LogP contribution in [-0.2, 0) is 0 Å². The molecule has 0 aliphatic heterocycles. The molecule has 0 fully saturated rings. The molecule has 2 aromatic rings. The van der Waals surface area contributed by atoms with Gasteiger partial charge < -0.3 is 10.1 Å². The van der Waals surface area contributed by atoms with Crippen molar-refractivity contribution in [2.75, 3.05) is 5.32 Å². The molecule has 0 heterocycles. The van der Waals surface area contributed by atoms with Crippen LogP contribution in [0.15, 0.2) is 46.9 Å². The predicted octanol–water partition coefficient (Wildman–Crippen LogP) is 5.88. The van der Waals surface area contributed by atoms with Crippen molar-refractivity contribution in [3.63, 3.8) is 0 Å². The molecule has 1 unspecified atom stereocenters. The number of rotatable bonds is 5. The van der Waals surface area contributed by atoms with Gasteiger partial charge in [0.25, 0.3) is 0 Å². The minimum absolute atomic E-state index is 0.167. The summed E-state index contributed by atoms with van der Waals surface area (Å²) in [5, 5.41) is 3.83. The summed E-state index contributed by atoms with van der Waals surface area (Å²) < 4.78 is 30.2. The van der Waals surface area contributed by atoms with Crippen molar-refractivity contribution in [2.45, 2.75) is 19.6 Å². The normalized spacial score (nSPS) is 12.3. The minimum Gasteiger partial charge on any atom is -0.434 e. The number of hydrogen-bond donors (Lipinski definition) is 1. The van der Waals surface area contributed by atoms with Crippen molar-refractivity contribution in [1.29, 1.82) is 0 Å². The van der Waals surface area contributed by atoms with Crippen molar-refractivity contribution in [1.82, 2.24) is 0 Å². The second-order valence-corrected chi connectivity index (χ2v) is 5.67. The van der Waals surface area contributed by atoms with Crippen LogP contribution in [0.5, 0.6) is 5.75 Å². The van der Waals surface area contributed by atoms with Gasteiger partial charge in [-0.1, -0.05) is 29.8 Å². The maximum atomic E-state index is 12.4. The van der Waals surface area contributed by atoms with E-state index in [0.717, 1.165) is 10.2 Å². The van der Waals surface area contributed by atoms with Gasteiger partial charge in [-0.05, 0) is 47.1 Å². The van der Waals surface area contributed by atoms with Crippen LogP contribution in [-0.4, -0.2) is 6.61 Å². The summed E-state index contributed by atoms with van der Waals surface area (Å²) >= 11 is 9.28. The van der Waals surface area contributed by atoms with Gasteiger partial charge in [-0.25, -0.2) is 0 Å². The smallest absolute Gasteiger partial charge is 0.387 e. The Morgan fingerprint density at radius 1 is 1.19 bits per heavy atom. The first-order valence-electron chi connectivity index (χ1n) is 6.22. The number of halogens is 4. The quantitative estimate of drug-likeness (QED) is 0.704.